The first-order chi connectivity index (χ1) is 9.38. The summed E-state index contributed by atoms with van der Waals surface area (Å²) in [7, 11) is 0. The van der Waals surface area contributed by atoms with Crippen molar-refractivity contribution >= 4 is 11.5 Å². The quantitative estimate of drug-likeness (QED) is 0.861. The fourth-order valence-electron chi connectivity index (χ4n) is 2.83. The van der Waals surface area contributed by atoms with E-state index < -0.39 is 0 Å². The summed E-state index contributed by atoms with van der Waals surface area (Å²) in [4.78, 5) is 4.44. The van der Waals surface area contributed by atoms with Gasteiger partial charge in [0.2, 0.25) is 5.65 Å². The van der Waals surface area contributed by atoms with E-state index in [-0.39, 0.29) is 0 Å². The zero-order chi connectivity index (χ0) is 13.1. The van der Waals surface area contributed by atoms with Crippen LogP contribution in [-0.2, 0) is 6.42 Å². The van der Waals surface area contributed by atoms with Crippen LogP contribution >= 0.6 is 0 Å². The van der Waals surface area contributed by atoms with Crippen molar-refractivity contribution in [3.05, 3.63) is 18.2 Å². The Balaban J connectivity index is 1.85. The third-order valence-electron chi connectivity index (χ3n) is 3.91. The molecule has 0 spiro atoms. The number of fused-ring (bicyclic) bond motifs is 1. The summed E-state index contributed by atoms with van der Waals surface area (Å²) < 4.78 is 2.03. The van der Waals surface area contributed by atoms with E-state index in [4.69, 9.17) is 0 Å². The van der Waals surface area contributed by atoms with Crippen LogP contribution in [0.1, 0.15) is 51.3 Å². The number of anilines is 1. The number of aryl methyl sites for hydroxylation is 1. The predicted octanol–water partition coefficient (Wildman–Crippen LogP) is 2.82. The molecule has 0 atom stereocenters. The number of nitrogens with zero attached hydrogens (tertiary/aromatic N) is 4. The lowest BCUT2D eigenvalue weighted by Crippen LogP contribution is -2.19. The molecule has 1 aliphatic rings. The van der Waals surface area contributed by atoms with E-state index in [2.05, 4.69) is 27.4 Å². The Hall–Kier alpha value is -1.65. The summed E-state index contributed by atoms with van der Waals surface area (Å²) in [5, 5.41) is 12.1. The topological polar surface area (TPSA) is 55.1 Å². The Morgan fingerprint density at radius 1 is 1.21 bits per heavy atom. The van der Waals surface area contributed by atoms with E-state index in [1.165, 1.54) is 38.5 Å². The van der Waals surface area contributed by atoms with Gasteiger partial charge in [0.05, 0.1) is 0 Å². The largest absolute Gasteiger partial charge is 0.364 e. The predicted molar refractivity (Wildman–Crippen MR) is 75.3 cm³/mol. The standard InChI is InChI=1S/C14H21N5/c1-2-12-17-18-14-13(15-9-10-19(12)14)16-11-7-5-3-4-6-8-11/h9-11H,2-8H2,1H3,(H,15,16). The first-order valence-electron chi connectivity index (χ1n) is 7.33. The Morgan fingerprint density at radius 3 is 2.74 bits per heavy atom. The highest BCUT2D eigenvalue weighted by atomic mass is 15.3. The minimum Gasteiger partial charge on any atom is -0.364 e. The third-order valence-corrected chi connectivity index (χ3v) is 3.91. The highest BCUT2D eigenvalue weighted by Gasteiger charge is 2.15. The summed E-state index contributed by atoms with van der Waals surface area (Å²) in [6.45, 7) is 2.09. The Bertz CT molecular complexity index is 540. The van der Waals surface area contributed by atoms with Crippen LogP contribution in [0.15, 0.2) is 12.4 Å². The molecule has 3 rings (SSSR count). The molecular formula is C14H21N5. The second-order valence-electron chi connectivity index (χ2n) is 5.27. The monoisotopic (exact) mass is 259 g/mol. The SMILES string of the molecule is CCc1nnc2c(NC3CCCCCC3)nccn12. The van der Waals surface area contributed by atoms with Crippen LogP contribution in [0.25, 0.3) is 5.65 Å². The molecule has 1 N–H and O–H groups in total. The maximum absolute atomic E-state index is 4.44. The van der Waals surface area contributed by atoms with Gasteiger partial charge in [-0.15, -0.1) is 10.2 Å². The molecule has 5 nitrogen and oxygen atoms in total. The third kappa shape index (κ3) is 2.55. The fourth-order valence-corrected chi connectivity index (χ4v) is 2.83. The minimum atomic E-state index is 0.531. The van der Waals surface area contributed by atoms with Gasteiger partial charge in [0.15, 0.2) is 5.82 Å². The normalized spacial score (nSPS) is 17.5. The van der Waals surface area contributed by atoms with Crippen molar-refractivity contribution in [2.24, 2.45) is 0 Å². The highest BCUT2D eigenvalue weighted by molar-refractivity contribution is 5.62. The zero-order valence-corrected chi connectivity index (χ0v) is 11.5. The van der Waals surface area contributed by atoms with Crippen molar-refractivity contribution in [2.75, 3.05) is 5.32 Å². The van der Waals surface area contributed by atoms with E-state index in [1.807, 2.05) is 16.8 Å². The van der Waals surface area contributed by atoms with Crippen LogP contribution < -0.4 is 5.32 Å². The summed E-state index contributed by atoms with van der Waals surface area (Å²) in [5.41, 5.74) is 0.851. The van der Waals surface area contributed by atoms with Gasteiger partial charge in [-0.3, -0.25) is 4.40 Å². The second kappa shape index (κ2) is 5.55. The van der Waals surface area contributed by atoms with E-state index in [0.29, 0.717) is 6.04 Å². The van der Waals surface area contributed by atoms with Gasteiger partial charge >= 0.3 is 0 Å². The molecule has 1 fully saturated rings. The molecule has 0 aliphatic heterocycles. The first kappa shape index (κ1) is 12.4. The molecule has 0 bridgehead atoms. The molecule has 1 saturated carbocycles. The molecule has 5 heteroatoms. The van der Waals surface area contributed by atoms with Crippen LogP contribution in [0, 0.1) is 0 Å². The van der Waals surface area contributed by atoms with E-state index in [1.54, 1.807) is 0 Å². The number of hydrogen-bond donors (Lipinski definition) is 1. The molecule has 0 aromatic carbocycles. The van der Waals surface area contributed by atoms with Gasteiger partial charge in [0.25, 0.3) is 0 Å². The van der Waals surface area contributed by atoms with Gasteiger partial charge in [-0.05, 0) is 12.8 Å². The summed E-state index contributed by atoms with van der Waals surface area (Å²) in [6.07, 6.45) is 12.5. The lowest BCUT2D eigenvalue weighted by Gasteiger charge is -2.16. The Labute approximate surface area is 113 Å². The Kier molecular flexibility index (Phi) is 3.62. The van der Waals surface area contributed by atoms with Crippen molar-refractivity contribution < 1.29 is 0 Å². The van der Waals surface area contributed by atoms with Gasteiger partial charge in [-0.25, -0.2) is 4.98 Å². The van der Waals surface area contributed by atoms with Gasteiger partial charge < -0.3 is 5.32 Å². The number of hydrogen-bond acceptors (Lipinski definition) is 4. The van der Waals surface area contributed by atoms with Crippen molar-refractivity contribution in [1.82, 2.24) is 19.6 Å². The molecule has 19 heavy (non-hydrogen) atoms. The van der Waals surface area contributed by atoms with Gasteiger partial charge in [0, 0.05) is 24.9 Å². The molecule has 1 aliphatic carbocycles. The van der Waals surface area contributed by atoms with Crippen molar-refractivity contribution in [2.45, 2.75) is 57.9 Å². The number of rotatable bonds is 3. The van der Waals surface area contributed by atoms with Gasteiger partial charge in [0.1, 0.15) is 5.82 Å². The minimum absolute atomic E-state index is 0.531. The molecule has 0 radical (unpaired) electrons. The molecule has 2 aromatic rings. The van der Waals surface area contributed by atoms with E-state index in [0.717, 1.165) is 23.7 Å². The average Bonchev–Trinajstić information content (AvgIpc) is 2.69. The summed E-state index contributed by atoms with van der Waals surface area (Å²) in [6, 6.07) is 0.531. The number of nitrogens with one attached hydrogen (secondary N) is 1. The van der Waals surface area contributed by atoms with Crippen molar-refractivity contribution in [1.29, 1.82) is 0 Å². The number of aromatic nitrogens is 4. The van der Waals surface area contributed by atoms with Crippen LogP contribution in [0.4, 0.5) is 5.82 Å². The molecule has 2 heterocycles. The molecule has 102 valence electrons. The first-order valence-corrected chi connectivity index (χ1v) is 7.33. The van der Waals surface area contributed by atoms with Crippen molar-refractivity contribution in [3.63, 3.8) is 0 Å². The maximum atomic E-state index is 4.44. The smallest absolute Gasteiger partial charge is 0.203 e. The maximum Gasteiger partial charge on any atom is 0.203 e. The summed E-state index contributed by atoms with van der Waals surface area (Å²) in [5.74, 6) is 1.86. The molecular weight excluding hydrogens is 238 g/mol. The van der Waals surface area contributed by atoms with Gasteiger partial charge in [-0.1, -0.05) is 32.6 Å². The van der Waals surface area contributed by atoms with E-state index >= 15 is 0 Å². The summed E-state index contributed by atoms with van der Waals surface area (Å²) >= 11 is 0. The Morgan fingerprint density at radius 2 is 2.00 bits per heavy atom. The zero-order valence-electron chi connectivity index (χ0n) is 11.5. The fraction of sp³-hybridized carbons (Fsp3) is 0.643. The molecule has 0 unspecified atom stereocenters. The van der Waals surface area contributed by atoms with Crippen molar-refractivity contribution in [3.8, 4) is 0 Å². The van der Waals surface area contributed by atoms with Crippen LogP contribution in [0.2, 0.25) is 0 Å². The average molecular weight is 259 g/mol. The highest BCUT2D eigenvalue weighted by Crippen LogP contribution is 2.22. The van der Waals surface area contributed by atoms with Crippen LogP contribution in [0.3, 0.4) is 0 Å². The molecule has 0 saturated heterocycles. The van der Waals surface area contributed by atoms with Gasteiger partial charge in [-0.2, -0.15) is 0 Å². The lowest BCUT2D eigenvalue weighted by atomic mass is 10.1. The molecule has 2 aromatic heterocycles. The lowest BCUT2D eigenvalue weighted by molar-refractivity contribution is 0.618. The van der Waals surface area contributed by atoms with Crippen LogP contribution in [0.5, 0.6) is 0 Å². The molecule has 0 amide bonds. The second-order valence-corrected chi connectivity index (χ2v) is 5.27. The van der Waals surface area contributed by atoms with E-state index in [9.17, 15) is 0 Å². The van der Waals surface area contributed by atoms with Crippen LogP contribution in [-0.4, -0.2) is 25.6 Å².